The Morgan fingerprint density at radius 1 is 1.36 bits per heavy atom. The highest BCUT2D eigenvalue weighted by atomic mass is 32.2. The number of amides is 3. The van der Waals surface area contributed by atoms with Gasteiger partial charge in [0.25, 0.3) is 0 Å². The zero-order valence-electron chi connectivity index (χ0n) is 13.3. The van der Waals surface area contributed by atoms with Gasteiger partial charge in [0.15, 0.2) is 5.16 Å². The highest BCUT2D eigenvalue weighted by molar-refractivity contribution is 8.00. The maximum Gasteiger partial charge on any atom is 0.343 e. The van der Waals surface area contributed by atoms with Crippen molar-refractivity contribution in [2.75, 3.05) is 0 Å². The standard InChI is InChI=1S/C13H23N5O3S/c1-5-6-7-18-12(21)16-17-13(18)22-9(4)10(19)15-11(20)14-8(2)3/h8-9H,5-7H2,1-4H3,(H,16,21)(H2,14,15,19,20)/t9-/m0/s1. The Balaban J connectivity index is 2.64. The molecule has 0 saturated carbocycles. The van der Waals surface area contributed by atoms with Crippen molar-refractivity contribution in [3.05, 3.63) is 10.5 Å². The normalized spacial score (nSPS) is 12.2. The molecule has 0 aromatic carbocycles. The lowest BCUT2D eigenvalue weighted by molar-refractivity contribution is -0.119. The van der Waals surface area contributed by atoms with E-state index in [9.17, 15) is 14.4 Å². The highest BCUT2D eigenvalue weighted by Gasteiger charge is 2.20. The molecule has 0 saturated heterocycles. The fourth-order valence-electron chi connectivity index (χ4n) is 1.63. The highest BCUT2D eigenvalue weighted by Crippen LogP contribution is 2.20. The summed E-state index contributed by atoms with van der Waals surface area (Å²) in [5.41, 5.74) is -0.291. The molecule has 1 rings (SSSR count). The molecule has 0 aliphatic rings. The van der Waals surface area contributed by atoms with Gasteiger partial charge in [-0.1, -0.05) is 25.1 Å². The molecule has 0 radical (unpaired) electrons. The largest absolute Gasteiger partial charge is 0.343 e. The van der Waals surface area contributed by atoms with Gasteiger partial charge >= 0.3 is 11.7 Å². The zero-order chi connectivity index (χ0) is 16.7. The number of nitrogens with zero attached hydrogens (tertiary/aromatic N) is 2. The van der Waals surface area contributed by atoms with Crippen LogP contribution in [-0.2, 0) is 11.3 Å². The van der Waals surface area contributed by atoms with Gasteiger partial charge < -0.3 is 5.32 Å². The van der Waals surface area contributed by atoms with Gasteiger partial charge in [0, 0.05) is 12.6 Å². The maximum absolute atomic E-state index is 12.0. The summed E-state index contributed by atoms with van der Waals surface area (Å²) in [7, 11) is 0. The molecule has 8 nitrogen and oxygen atoms in total. The number of unbranched alkanes of at least 4 members (excludes halogenated alkanes) is 1. The lowest BCUT2D eigenvalue weighted by atomic mass is 10.3. The van der Waals surface area contributed by atoms with Gasteiger partial charge in [0.1, 0.15) is 0 Å². The van der Waals surface area contributed by atoms with E-state index in [4.69, 9.17) is 0 Å². The van der Waals surface area contributed by atoms with Crippen molar-refractivity contribution in [3.63, 3.8) is 0 Å². The van der Waals surface area contributed by atoms with Crippen molar-refractivity contribution >= 4 is 23.7 Å². The summed E-state index contributed by atoms with van der Waals surface area (Å²) in [4.78, 5) is 35.1. The number of carbonyl (C=O) groups excluding carboxylic acids is 2. The maximum atomic E-state index is 12.0. The van der Waals surface area contributed by atoms with Crippen molar-refractivity contribution in [1.82, 2.24) is 25.4 Å². The number of imide groups is 1. The SMILES string of the molecule is CCCCn1c(S[C@@H](C)C(=O)NC(=O)NC(C)C)n[nH]c1=O. The molecule has 3 N–H and O–H groups in total. The second-order valence-corrected chi connectivity index (χ2v) is 6.50. The fraction of sp³-hybridized carbons (Fsp3) is 0.692. The molecular weight excluding hydrogens is 306 g/mol. The summed E-state index contributed by atoms with van der Waals surface area (Å²) in [5, 5.41) is 11.1. The number of urea groups is 1. The third kappa shape index (κ3) is 5.55. The Morgan fingerprint density at radius 2 is 2.05 bits per heavy atom. The van der Waals surface area contributed by atoms with Gasteiger partial charge in [-0.25, -0.2) is 14.7 Å². The second kappa shape index (κ2) is 8.62. The fourth-order valence-corrected chi connectivity index (χ4v) is 2.51. The Kier molecular flexibility index (Phi) is 7.16. The van der Waals surface area contributed by atoms with Crippen molar-refractivity contribution in [2.24, 2.45) is 0 Å². The van der Waals surface area contributed by atoms with E-state index in [-0.39, 0.29) is 11.7 Å². The van der Waals surface area contributed by atoms with Crippen LogP contribution in [-0.4, -0.2) is 38.0 Å². The van der Waals surface area contributed by atoms with E-state index in [0.717, 1.165) is 24.6 Å². The monoisotopic (exact) mass is 329 g/mol. The van der Waals surface area contributed by atoms with Crippen LogP contribution in [0.1, 0.15) is 40.5 Å². The molecule has 1 aromatic rings. The first-order valence-corrected chi connectivity index (χ1v) is 8.16. The minimum absolute atomic E-state index is 0.0543. The predicted molar refractivity (Wildman–Crippen MR) is 84.9 cm³/mol. The first-order chi connectivity index (χ1) is 10.3. The van der Waals surface area contributed by atoms with E-state index in [0.29, 0.717) is 11.7 Å². The summed E-state index contributed by atoms with van der Waals surface area (Å²) in [6.45, 7) is 7.85. The molecule has 0 spiro atoms. The van der Waals surface area contributed by atoms with Crippen LogP contribution in [0.25, 0.3) is 0 Å². The molecule has 0 bridgehead atoms. The molecule has 0 unspecified atom stereocenters. The Hall–Kier alpha value is -1.77. The minimum atomic E-state index is -0.548. The van der Waals surface area contributed by atoms with Crippen LogP contribution < -0.4 is 16.3 Å². The summed E-state index contributed by atoms with van der Waals surface area (Å²) in [6, 6.07) is -0.584. The minimum Gasteiger partial charge on any atom is -0.336 e. The second-order valence-electron chi connectivity index (χ2n) is 5.19. The molecule has 0 aliphatic heterocycles. The van der Waals surface area contributed by atoms with E-state index in [1.54, 1.807) is 20.8 Å². The summed E-state index contributed by atoms with van der Waals surface area (Å²) in [6.07, 6.45) is 1.80. The molecular formula is C13H23N5O3S. The summed E-state index contributed by atoms with van der Waals surface area (Å²) >= 11 is 1.14. The molecule has 22 heavy (non-hydrogen) atoms. The predicted octanol–water partition coefficient (Wildman–Crippen LogP) is 1.09. The van der Waals surface area contributed by atoms with Crippen LogP contribution in [0, 0.1) is 0 Å². The Labute approximate surface area is 133 Å². The van der Waals surface area contributed by atoms with Crippen LogP contribution in [0.2, 0.25) is 0 Å². The smallest absolute Gasteiger partial charge is 0.336 e. The number of hydrogen-bond acceptors (Lipinski definition) is 5. The van der Waals surface area contributed by atoms with Gasteiger partial charge in [-0.3, -0.25) is 14.7 Å². The number of aromatic amines is 1. The van der Waals surface area contributed by atoms with E-state index in [2.05, 4.69) is 20.8 Å². The van der Waals surface area contributed by atoms with Crippen LogP contribution >= 0.6 is 11.8 Å². The molecule has 1 atom stereocenters. The van der Waals surface area contributed by atoms with Gasteiger partial charge in [0.2, 0.25) is 5.91 Å². The van der Waals surface area contributed by atoms with E-state index < -0.39 is 17.2 Å². The van der Waals surface area contributed by atoms with Crippen molar-refractivity contribution < 1.29 is 9.59 Å². The quantitative estimate of drug-likeness (QED) is 0.649. The number of hydrogen-bond donors (Lipinski definition) is 3. The molecule has 3 amide bonds. The van der Waals surface area contributed by atoms with Crippen LogP contribution in [0.5, 0.6) is 0 Å². The molecule has 0 fully saturated rings. The third-order valence-corrected chi connectivity index (χ3v) is 3.86. The van der Waals surface area contributed by atoms with Crippen molar-refractivity contribution in [1.29, 1.82) is 0 Å². The number of nitrogens with one attached hydrogen (secondary N) is 3. The molecule has 124 valence electrons. The number of H-pyrrole nitrogens is 1. The van der Waals surface area contributed by atoms with Crippen LogP contribution in [0.4, 0.5) is 4.79 Å². The average Bonchev–Trinajstić information content (AvgIpc) is 2.76. The van der Waals surface area contributed by atoms with Gasteiger partial charge in [0.05, 0.1) is 5.25 Å². The van der Waals surface area contributed by atoms with Crippen LogP contribution in [0.15, 0.2) is 9.95 Å². The van der Waals surface area contributed by atoms with Crippen molar-refractivity contribution in [2.45, 2.75) is 63.5 Å². The lowest BCUT2D eigenvalue weighted by Crippen LogP contribution is -2.45. The van der Waals surface area contributed by atoms with E-state index >= 15 is 0 Å². The molecule has 1 heterocycles. The first-order valence-electron chi connectivity index (χ1n) is 7.28. The lowest BCUT2D eigenvalue weighted by Gasteiger charge is -2.13. The topological polar surface area (TPSA) is 109 Å². The molecule has 9 heteroatoms. The first kappa shape index (κ1) is 18.3. The Morgan fingerprint density at radius 3 is 2.64 bits per heavy atom. The number of carbonyl (C=O) groups is 2. The Bertz CT molecular complexity index is 566. The number of aromatic nitrogens is 3. The van der Waals surface area contributed by atoms with Gasteiger partial charge in [-0.05, 0) is 27.2 Å². The van der Waals surface area contributed by atoms with Crippen molar-refractivity contribution in [3.8, 4) is 0 Å². The van der Waals surface area contributed by atoms with Gasteiger partial charge in [-0.15, -0.1) is 5.10 Å². The van der Waals surface area contributed by atoms with Crippen LogP contribution in [0.3, 0.4) is 0 Å². The molecule has 0 aliphatic carbocycles. The summed E-state index contributed by atoms with van der Waals surface area (Å²) in [5.74, 6) is -0.430. The van der Waals surface area contributed by atoms with E-state index in [1.165, 1.54) is 4.57 Å². The van der Waals surface area contributed by atoms with E-state index in [1.807, 2.05) is 6.92 Å². The third-order valence-electron chi connectivity index (χ3n) is 2.77. The number of thioether (sulfide) groups is 1. The zero-order valence-corrected chi connectivity index (χ0v) is 14.1. The average molecular weight is 329 g/mol. The van der Waals surface area contributed by atoms with Gasteiger partial charge in [-0.2, -0.15) is 0 Å². The number of rotatable bonds is 7. The summed E-state index contributed by atoms with van der Waals surface area (Å²) < 4.78 is 1.51. The molecule has 1 aromatic heterocycles.